The fraction of sp³-hybridized carbons (Fsp3) is 0.833. The lowest BCUT2D eigenvalue weighted by atomic mass is 9.76. The molecule has 1 aliphatic carbocycles. The van der Waals surface area contributed by atoms with Crippen molar-refractivity contribution in [2.24, 2.45) is 5.92 Å². The smallest absolute Gasteiger partial charge is 0.174 e. The molecule has 0 aromatic rings. The third-order valence-electron chi connectivity index (χ3n) is 2.88. The van der Waals surface area contributed by atoms with Crippen LogP contribution in [-0.4, -0.2) is 30.7 Å². The second-order valence-corrected chi connectivity index (χ2v) is 3.99. The molecule has 0 radical (unpaired) electrons. The van der Waals surface area contributed by atoms with Gasteiger partial charge in [-0.15, -0.1) is 0 Å². The van der Waals surface area contributed by atoms with Crippen molar-refractivity contribution >= 4 is 0 Å². The average molecular weight is 214 g/mol. The second kappa shape index (κ2) is 5.64. The topological polar surface area (TPSA) is 38.7 Å². The lowest BCUT2D eigenvalue weighted by Gasteiger charge is -2.47. The van der Waals surface area contributed by atoms with Crippen LogP contribution in [0.15, 0.2) is 11.6 Å². The molecule has 1 N–H and O–H groups in total. The van der Waals surface area contributed by atoms with Gasteiger partial charge in [-0.2, -0.15) is 0 Å². The minimum atomic E-state index is -0.417. The number of aliphatic hydroxyl groups excluding tert-OH is 1. The maximum atomic E-state index is 8.98. The van der Waals surface area contributed by atoms with Crippen LogP contribution in [0.4, 0.5) is 0 Å². The monoisotopic (exact) mass is 214 g/mol. The molecule has 0 amide bonds. The van der Waals surface area contributed by atoms with Crippen LogP contribution < -0.4 is 0 Å². The van der Waals surface area contributed by atoms with Crippen LogP contribution in [0.5, 0.6) is 0 Å². The Morgan fingerprint density at radius 2 is 2.00 bits per heavy atom. The van der Waals surface area contributed by atoms with Crippen molar-refractivity contribution in [3.8, 4) is 0 Å². The Hall–Kier alpha value is -0.380. The van der Waals surface area contributed by atoms with E-state index in [1.165, 1.54) is 0 Å². The van der Waals surface area contributed by atoms with E-state index >= 15 is 0 Å². The van der Waals surface area contributed by atoms with Crippen molar-refractivity contribution in [2.45, 2.75) is 39.4 Å². The number of rotatable bonds is 6. The number of hydrogen-bond donors (Lipinski definition) is 1. The van der Waals surface area contributed by atoms with E-state index in [0.29, 0.717) is 19.1 Å². The highest BCUT2D eigenvalue weighted by Gasteiger charge is 2.47. The molecular formula is C12H22O3. The second-order valence-electron chi connectivity index (χ2n) is 3.99. The highest BCUT2D eigenvalue weighted by atomic mass is 16.7. The van der Waals surface area contributed by atoms with Gasteiger partial charge in [-0.25, -0.2) is 0 Å². The Labute approximate surface area is 92.1 Å². The molecule has 0 heterocycles. The predicted molar refractivity (Wildman–Crippen MR) is 59.5 cm³/mol. The van der Waals surface area contributed by atoms with Gasteiger partial charge >= 0.3 is 0 Å². The van der Waals surface area contributed by atoms with Gasteiger partial charge in [0.25, 0.3) is 0 Å². The summed E-state index contributed by atoms with van der Waals surface area (Å²) in [6, 6.07) is 0. The van der Waals surface area contributed by atoms with Gasteiger partial charge in [0, 0.05) is 25.6 Å². The van der Waals surface area contributed by atoms with E-state index in [0.717, 1.165) is 18.4 Å². The summed E-state index contributed by atoms with van der Waals surface area (Å²) in [5, 5.41) is 8.98. The van der Waals surface area contributed by atoms with Crippen molar-refractivity contribution in [3.63, 3.8) is 0 Å². The summed E-state index contributed by atoms with van der Waals surface area (Å²) in [5.74, 6) is -0.121. The summed E-state index contributed by atoms with van der Waals surface area (Å²) >= 11 is 0. The van der Waals surface area contributed by atoms with Crippen molar-refractivity contribution in [3.05, 3.63) is 11.6 Å². The van der Waals surface area contributed by atoms with Crippen molar-refractivity contribution < 1.29 is 14.6 Å². The minimum absolute atomic E-state index is 0.116. The maximum absolute atomic E-state index is 8.98. The lowest BCUT2D eigenvalue weighted by Crippen LogP contribution is -2.51. The first-order chi connectivity index (χ1) is 7.18. The van der Waals surface area contributed by atoms with E-state index in [2.05, 4.69) is 6.08 Å². The lowest BCUT2D eigenvalue weighted by molar-refractivity contribution is -0.296. The van der Waals surface area contributed by atoms with Gasteiger partial charge in [-0.05, 0) is 27.2 Å². The quantitative estimate of drug-likeness (QED) is 0.543. The molecule has 0 spiro atoms. The molecule has 1 saturated carbocycles. The van der Waals surface area contributed by atoms with E-state index < -0.39 is 5.79 Å². The van der Waals surface area contributed by atoms with Crippen LogP contribution in [0.2, 0.25) is 0 Å². The Morgan fingerprint density at radius 3 is 2.33 bits per heavy atom. The first kappa shape index (κ1) is 12.7. The van der Waals surface area contributed by atoms with Crippen LogP contribution in [-0.2, 0) is 9.47 Å². The molecule has 0 aromatic carbocycles. The Morgan fingerprint density at radius 1 is 1.40 bits per heavy atom. The fourth-order valence-electron chi connectivity index (χ4n) is 2.04. The van der Waals surface area contributed by atoms with E-state index in [4.69, 9.17) is 14.6 Å². The highest BCUT2D eigenvalue weighted by Crippen LogP contribution is 2.44. The van der Waals surface area contributed by atoms with Gasteiger partial charge in [0.05, 0.1) is 6.61 Å². The van der Waals surface area contributed by atoms with E-state index in [1.54, 1.807) is 0 Å². The summed E-state index contributed by atoms with van der Waals surface area (Å²) in [4.78, 5) is 0. The summed E-state index contributed by atoms with van der Waals surface area (Å²) in [5.41, 5.74) is 0.989. The molecular weight excluding hydrogens is 192 g/mol. The van der Waals surface area contributed by atoms with Gasteiger partial charge in [-0.1, -0.05) is 11.6 Å². The number of ether oxygens (including phenoxy) is 2. The zero-order valence-electron chi connectivity index (χ0n) is 9.95. The SMILES string of the molecule is CCOC1(OCC)CCC1/C=C(\C)CO. The number of hydrogen-bond acceptors (Lipinski definition) is 3. The fourth-order valence-corrected chi connectivity index (χ4v) is 2.04. The molecule has 3 heteroatoms. The van der Waals surface area contributed by atoms with E-state index in [-0.39, 0.29) is 6.61 Å². The Bertz CT molecular complexity index is 217. The number of aliphatic hydroxyl groups is 1. The largest absolute Gasteiger partial charge is 0.392 e. The third kappa shape index (κ3) is 2.80. The van der Waals surface area contributed by atoms with Gasteiger partial charge < -0.3 is 14.6 Å². The zero-order chi connectivity index (χ0) is 11.3. The highest BCUT2D eigenvalue weighted by molar-refractivity contribution is 5.09. The first-order valence-corrected chi connectivity index (χ1v) is 5.74. The van der Waals surface area contributed by atoms with Gasteiger partial charge in [-0.3, -0.25) is 0 Å². The Kier molecular flexibility index (Phi) is 4.77. The van der Waals surface area contributed by atoms with Crippen molar-refractivity contribution in [1.29, 1.82) is 0 Å². The Balaban J connectivity index is 2.65. The van der Waals surface area contributed by atoms with Gasteiger partial charge in [0.1, 0.15) is 0 Å². The molecule has 15 heavy (non-hydrogen) atoms. The molecule has 88 valence electrons. The van der Waals surface area contributed by atoms with E-state index in [9.17, 15) is 0 Å². The molecule has 0 bridgehead atoms. The molecule has 1 unspecified atom stereocenters. The zero-order valence-corrected chi connectivity index (χ0v) is 9.95. The van der Waals surface area contributed by atoms with Crippen molar-refractivity contribution in [2.75, 3.05) is 19.8 Å². The van der Waals surface area contributed by atoms with E-state index in [1.807, 2.05) is 20.8 Å². The van der Waals surface area contributed by atoms with Crippen LogP contribution >= 0.6 is 0 Å². The molecule has 0 saturated heterocycles. The van der Waals surface area contributed by atoms with Crippen LogP contribution in [0.3, 0.4) is 0 Å². The summed E-state index contributed by atoms with van der Waals surface area (Å²) in [7, 11) is 0. The van der Waals surface area contributed by atoms with Gasteiger partial charge in [0.2, 0.25) is 0 Å². The van der Waals surface area contributed by atoms with Crippen LogP contribution in [0.1, 0.15) is 33.6 Å². The maximum Gasteiger partial charge on any atom is 0.174 e. The minimum Gasteiger partial charge on any atom is -0.392 e. The average Bonchev–Trinajstić information content (AvgIpc) is 2.23. The predicted octanol–water partition coefficient (Wildman–Crippen LogP) is 2.10. The molecule has 0 aliphatic heterocycles. The molecule has 3 nitrogen and oxygen atoms in total. The molecule has 1 aliphatic rings. The van der Waals surface area contributed by atoms with Crippen molar-refractivity contribution in [1.82, 2.24) is 0 Å². The molecule has 1 rings (SSSR count). The standard InChI is InChI=1S/C12H22O3/c1-4-14-12(15-5-2)7-6-11(12)8-10(3)9-13/h8,11,13H,4-7,9H2,1-3H3/b10-8+. The van der Waals surface area contributed by atoms with Crippen LogP contribution in [0.25, 0.3) is 0 Å². The van der Waals surface area contributed by atoms with Gasteiger partial charge in [0.15, 0.2) is 5.79 Å². The summed E-state index contributed by atoms with van der Waals surface area (Å²) in [6.07, 6.45) is 4.11. The molecule has 0 aromatic heterocycles. The normalized spacial score (nSPS) is 25.1. The molecule has 1 fully saturated rings. The third-order valence-corrected chi connectivity index (χ3v) is 2.88. The molecule has 1 atom stereocenters. The summed E-state index contributed by atoms with van der Waals surface area (Å²) < 4.78 is 11.4. The van der Waals surface area contributed by atoms with Crippen LogP contribution in [0, 0.1) is 5.92 Å². The summed E-state index contributed by atoms with van der Waals surface area (Å²) in [6.45, 7) is 7.36. The first-order valence-electron chi connectivity index (χ1n) is 5.74.